The van der Waals surface area contributed by atoms with Crippen LogP contribution >= 0.6 is 11.6 Å². The number of nitrogens with one attached hydrogen (secondary N) is 2. The van der Waals surface area contributed by atoms with Crippen LogP contribution in [0.1, 0.15) is 49.0 Å². The minimum absolute atomic E-state index is 0.0159. The van der Waals surface area contributed by atoms with Gasteiger partial charge in [-0.1, -0.05) is 36.4 Å². The van der Waals surface area contributed by atoms with E-state index in [-0.39, 0.29) is 37.2 Å². The number of halogens is 1. The molecule has 2 fully saturated rings. The van der Waals surface area contributed by atoms with Crippen molar-refractivity contribution in [2.45, 2.75) is 50.8 Å². The van der Waals surface area contributed by atoms with E-state index in [2.05, 4.69) is 17.2 Å². The lowest BCUT2D eigenvalue weighted by molar-refractivity contribution is -0.138. The molecule has 0 bridgehead atoms. The summed E-state index contributed by atoms with van der Waals surface area (Å²) < 4.78 is 16.5. The van der Waals surface area contributed by atoms with Gasteiger partial charge in [0.2, 0.25) is 12.7 Å². The molecule has 0 spiro atoms. The van der Waals surface area contributed by atoms with Crippen molar-refractivity contribution in [1.29, 1.82) is 0 Å². The zero-order chi connectivity index (χ0) is 24.7. The predicted octanol–water partition coefficient (Wildman–Crippen LogP) is 4.40. The lowest BCUT2D eigenvalue weighted by atomic mass is 9.85. The molecule has 35 heavy (non-hydrogen) atoms. The van der Waals surface area contributed by atoms with Gasteiger partial charge in [0.1, 0.15) is 5.82 Å². The number of rotatable bonds is 4. The van der Waals surface area contributed by atoms with Gasteiger partial charge in [0, 0.05) is 12.6 Å². The molecule has 9 heteroatoms. The highest BCUT2D eigenvalue weighted by atomic mass is 35.5. The summed E-state index contributed by atoms with van der Waals surface area (Å²) in [5.41, 5.74) is 0.703. The highest BCUT2D eigenvalue weighted by Crippen LogP contribution is 2.41. The van der Waals surface area contributed by atoms with E-state index in [4.69, 9.17) is 25.8 Å². The summed E-state index contributed by atoms with van der Waals surface area (Å²) in [7, 11) is 0. The molecule has 3 atom stereocenters. The van der Waals surface area contributed by atoms with Gasteiger partial charge in [0.05, 0.1) is 34.3 Å². The van der Waals surface area contributed by atoms with E-state index < -0.39 is 5.54 Å². The molecule has 0 saturated carbocycles. The van der Waals surface area contributed by atoms with Gasteiger partial charge in [0.15, 0.2) is 11.5 Å². The molecule has 0 radical (unpaired) electrons. The largest absolute Gasteiger partial charge is 0.454 e. The van der Waals surface area contributed by atoms with Gasteiger partial charge in [-0.15, -0.1) is 0 Å². The van der Waals surface area contributed by atoms with Gasteiger partial charge in [-0.3, -0.25) is 14.5 Å². The third-order valence-electron chi connectivity index (χ3n) is 6.79. The highest BCUT2D eigenvalue weighted by molar-refractivity contribution is 6.35. The maximum absolute atomic E-state index is 13.3. The van der Waals surface area contributed by atoms with Crippen LogP contribution in [0, 0.1) is 0 Å². The maximum Gasteiger partial charge on any atom is 0.259 e. The average molecular weight is 498 g/mol. The first-order valence-electron chi connectivity index (χ1n) is 11.7. The number of hydrogen-bond donors (Lipinski definition) is 2. The molecule has 2 aromatic rings. The van der Waals surface area contributed by atoms with E-state index >= 15 is 0 Å². The molecule has 0 unspecified atom stereocenters. The van der Waals surface area contributed by atoms with Crippen molar-refractivity contribution >= 4 is 29.1 Å². The van der Waals surface area contributed by atoms with Crippen LogP contribution in [0.15, 0.2) is 48.8 Å². The van der Waals surface area contributed by atoms with E-state index in [0.29, 0.717) is 45.8 Å². The normalized spacial score (nSPS) is 25.9. The van der Waals surface area contributed by atoms with Crippen molar-refractivity contribution in [2.24, 2.45) is 0 Å². The van der Waals surface area contributed by atoms with Crippen LogP contribution in [0.3, 0.4) is 0 Å². The first-order valence-corrected chi connectivity index (χ1v) is 12.0. The Morgan fingerprint density at radius 3 is 2.83 bits per heavy atom. The van der Waals surface area contributed by atoms with Crippen molar-refractivity contribution < 1.29 is 23.8 Å². The number of anilines is 1. The summed E-state index contributed by atoms with van der Waals surface area (Å²) in [6, 6.07) is 10.6. The zero-order valence-electron chi connectivity index (χ0n) is 19.7. The average Bonchev–Trinajstić information content (AvgIpc) is 3.29. The Hall–Kier alpha value is -3.23. The number of fused-ring (bicyclic) bond motifs is 1. The van der Waals surface area contributed by atoms with Crippen LogP contribution in [0.25, 0.3) is 0 Å². The second-order valence-corrected chi connectivity index (χ2v) is 9.74. The van der Waals surface area contributed by atoms with E-state index in [0.717, 1.165) is 12.8 Å². The minimum Gasteiger partial charge on any atom is -0.454 e. The molecule has 3 aliphatic heterocycles. The molecule has 8 nitrogen and oxygen atoms in total. The summed E-state index contributed by atoms with van der Waals surface area (Å²) in [6.07, 6.45) is 1.84. The third kappa shape index (κ3) is 4.32. The van der Waals surface area contributed by atoms with Crippen molar-refractivity contribution in [3.05, 3.63) is 64.9 Å². The summed E-state index contributed by atoms with van der Waals surface area (Å²) in [4.78, 5) is 28.1. The first kappa shape index (κ1) is 23.5. The van der Waals surface area contributed by atoms with Crippen LogP contribution in [0.4, 0.5) is 5.69 Å². The van der Waals surface area contributed by atoms with Crippen molar-refractivity contribution in [3.63, 3.8) is 0 Å². The molecular weight excluding hydrogens is 470 g/mol. The Bertz CT molecular complexity index is 1180. The number of amides is 2. The topological polar surface area (TPSA) is 89.1 Å². The lowest BCUT2D eigenvalue weighted by Crippen LogP contribution is -2.57. The number of ether oxygens (including phenoxy) is 3. The van der Waals surface area contributed by atoms with Crippen molar-refractivity contribution in [3.8, 4) is 11.5 Å². The molecule has 2 N–H and O–H groups in total. The van der Waals surface area contributed by atoms with Gasteiger partial charge in [0.25, 0.3) is 5.91 Å². The van der Waals surface area contributed by atoms with Gasteiger partial charge in [-0.2, -0.15) is 0 Å². The molecule has 2 saturated heterocycles. The molecule has 0 aliphatic carbocycles. The fraction of sp³-hybridized carbons (Fsp3) is 0.385. The standard InChI is InChI=1S/C26H28ClN3O5/c1-15-12-17(10-11-33-15)30-16(2)29-26(3,13-22(30)31)19-7-5-8-20(23(19)27)28-25(32)18-6-4-9-21-24(18)35-14-34-21/h4-9,15,17,29H,2,10-14H2,1,3H3,(H,28,32)/t15-,17-,26+/m1/s1. The van der Waals surface area contributed by atoms with Crippen LogP contribution < -0.4 is 20.1 Å². The van der Waals surface area contributed by atoms with Crippen LogP contribution in [-0.4, -0.2) is 42.3 Å². The second-order valence-electron chi connectivity index (χ2n) is 9.36. The van der Waals surface area contributed by atoms with E-state index in [1.165, 1.54) is 0 Å². The number of hydrogen-bond acceptors (Lipinski definition) is 6. The number of benzene rings is 2. The van der Waals surface area contributed by atoms with Crippen LogP contribution in [0.5, 0.6) is 11.5 Å². The van der Waals surface area contributed by atoms with E-state index in [9.17, 15) is 9.59 Å². The number of carbonyl (C=O) groups excluding carboxylic acids is 2. The first-order chi connectivity index (χ1) is 16.8. The van der Waals surface area contributed by atoms with E-state index in [1.807, 2.05) is 19.9 Å². The number of carbonyl (C=O) groups is 2. The van der Waals surface area contributed by atoms with Gasteiger partial charge in [-0.05, 0) is 50.5 Å². The molecule has 3 aliphatic rings. The molecule has 184 valence electrons. The fourth-order valence-electron chi connectivity index (χ4n) is 5.11. The molecule has 5 rings (SSSR count). The lowest BCUT2D eigenvalue weighted by Gasteiger charge is -2.46. The molecular formula is C26H28ClN3O5. The smallest absolute Gasteiger partial charge is 0.259 e. The summed E-state index contributed by atoms with van der Waals surface area (Å²) in [5, 5.41) is 6.66. The zero-order valence-corrected chi connectivity index (χ0v) is 20.5. The van der Waals surface area contributed by atoms with Crippen LogP contribution in [-0.2, 0) is 15.1 Å². The minimum atomic E-state index is -0.787. The monoisotopic (exact) mass is 497 g/mol. The van der Waals surface area contributed by atoms with Crippen molar-refractivity contribution in [2.75, 3.05) is 18.7 Å². The SMILES string of the molecule is C=C1N[C@](C)(c2cccc(NC(=O)c3cccc4c3OCO4)c2Cl)CC(=O)N1[C@@H]1CCO[C@H](C)C1. The number of para-hydroxylation sites is 1. The molecule has 2 aromatic carbocycles. The molecule has 3 heterocycles. The summed E-state index contributed by atoms with van der Waals surface area (Å²) >= 11 is 6.80. The Kier molecular flexibility index (Phi) is 6.11. The molecule has 0 aromatic heterocycles. The highest BCUT2D eigenvalue weighted by Gasteiger charge is 2.43. The van der Waals surface area contributed by atoms with Crippen LogP contribution in [0.2, 0.25) is 5.02 Å². The van der Waals surface area contributed by atoms with Gasteiger partial charge < -0.3 is 24.8 Å². The van der Waals surface area contributed by atoms with Gasteiger partial charge >= 0.3 is 0 Å². The Morgan fingerprint density at radius 2 is 2.06 bits per heavy atom. The van der Waals surface area contributed by atoms with E-state index in [1.54, 1.807) is 35.2 Å². The Balaban J connectivity index is 1.37. The number of nitrogens with zero attached hydrogens (tertiary/aromatic N) is 1. The van der Waals surface area contributed by atoms with Crippen molar-refractivity contribution in [1.82, 2.24) is 10.2 Å². The maximum atomic E-state index is 13.3. The summed E-state index contributed by atoms with van der Waals surface area (Å²) in [6.45, 7) is 8.78. The fourth-order valence-corrected chi connectivity index (χ4v) is 5.49. The quantitative estimate of drug-likeness (QED) is 0.651. The predicted molar refractivity (Wildman–Crippen MR) is 131 cm³/mol. The third-order valence-corrected chi connectivity index (χ3v) is 7.20. The molecule has 2 amide bonds. The summed E-state index contributed by atoms with van der Waals surface area (Å²) in [5.74, 6) is 1.09. The van der Waals surface area contributed by atoms with Gasteiger partial charge in [-0.25, -0.2) is 0 Å². The Morgan fingerprint density at radius 1 is 1.26 bits per heavy atom. The second kappa shape index (κ2) is 9.09. The Labute approximate surface area is 209 Å².